The highest BCUT2D eigenvalue weighted by Crippen LogP contribution is 2.28. The number of esters is 1. The average molecular weight is 391 g/mol. The molecule has 0 bridgehead atoms. The predicted octanol–water partition coefficient (Wildman–Crippen LogP) is 3.51. The Kier molecular flexibility index (Phi) is 5.39. The Labute approximate surface area is 160 Å². The molecule has 0 radical (unpaired) electrons. The molecule has 1 aromatic carbocycles. The van der Waals surface area contributed by atoms with Crippen LogP contribution in [0.25, 0.3) is 17.4 Å². The van der Waals surface area contributed by atoms with Crippen LogP contribution in [0.2, 0.25) is 5.02 Å². The summed E-state index contributed by atoms with van der Waals surface area (Å²) in [6.07, 6.45) is 2.27. The van der Waals surface area contributed by atoms with Crippen molar-refractivity contribution in [3.05, 3.63) is 52.4 Å². The summed E-state index contributed by atoms with van der Waals surface area (Å²) in [5.74, 6) is 0.194. The molecule has 0 unspecified atom stereocenters. The summed E-state index contributed by atoms with van der Waals surface area (Å²) in [6.45, 7) is 2.24. The van der Waals surface area contributed by atoms with Crippen molar-refractivity contribution in [2.45, 2.75) is 13.3 Å². The lowest BCUT2D eigenvalue weighted by molar-refractivity contribution is -0.115. The molecule has 26 heavy (non-hydrogen) atoms. The van der Waals surface area contributed by atoms with Crippen LogP contribution in [0.4, 0.5) is 0 Å². The molecule has 1 fully saturated rings. The van der Waals surface area contributed by atoms with Gasteiger partial charge in [0.2, 0.25) is 0 Å². The fourth-order valence-electron chi connectivity index (χ4n) is 2.32. The quantitative estimate of drug-likeness (QED) is 0.462. The smallest absolute Gasteiger partial charge is 0.339 e. The molecule has 0 atom stereocenters. The van der Waals surface area contributed by atoms with E-state index in [0.717, 1.165) is 6.42 Å². The fourth-order valence-corrected chi connectivity index (χ4v) is 2.72. The number of ether oxygens (including phenoxy) is 1. The van der Waals surface area contributed by atoms with Crippen LogP contribution in [0.5, 0.6) is 0 Å². The second-order valence-electron chi connectivity index (χ2n) is 5.50. The monoisotopic (exact) mass is 390 g/mol. The first-order chi connectivity index (χ1) is 12.5. The summed E-state index contributed by atoms with van der Waals surface area (Å²) in [4.78, 5) is 23.8. The maximum atomic E-state index is 12.1. The van der Waals surface area contributed by atoms with Gasteiger partial charge in [0.15, 0.2) is 5.11 Å². The van der Waals surface area contributed by atoms with Crippen LogP contribution >= 0.6 is 23.8 Å². The number of halogens is 1. The molecule has 1 aliphatic heterocycles. The minimum absolute atomic E-state index is 0.251. The van der Waals surface area contributed by atoms with Gasteiger partial charge >= 0.3 is 5.97 Å². The second-order valence-corrected chi connectivity index (χ2v) is 6.31. The van der Waals surface area contributed by atoms with E-state index < -0.39 is 5.97 Å². The fraction of sp³-hybridized carbons (Fsp3) is 0.167. The van der Waals surface area contributed by atoms with E-state index in [1.807, 2.05) is 6.92 Å². The van der Waals surface area contributed by atoms with E-state index >= 15 is 0 Å². The number of hydrogen-bond donors (Lipinski definition) is 2. The first-order valence-electron chi connectivity index (χ1n) is 7.89. The number of furan rings is 1. The molecule has 0 spiro atoms. The number of nitrogens with one attached hydrogen (secondary N) is 2. The Hall–Kier alpha value is -2.64. The molecule has 6 nitrogen and oxygen atoms in total. The van der Waals surface area contributed by atoms with Gasteiger partial charge in [0.1, 0.15) is 17.2 Å². The van der Waals surface area contributed by atoms with Crippen molar-refractivity contribution in [1.29, 1.82) is 0 Å². The van der Waals surface area contributed by atoms with Crippen LogP contribution in [0.1, 0.15) is 29.5 Å². The molecule has 0 saturated carbocycles. The van der Waals surface area contributed by atoms with Crippen molar-refractivity contribution in [2.75, 3.05) is 6.61 Å². The Morgan fingerprint density at radius 1 is 1.31 bits per heavy atom. The highest BCUT2D eigenvalue weighted by atomic mass is 35.5. The maximum Gasteiger partial charge on any atom is 0.339 e. The third-order valence-electron chi connectivity index (χ3n) is 3.54. The summed E-state index contributed by atoms with van der Waals surface area (Å²) in [7, 11) is 0. The lowest BCUT2D eigenvalue weighted by atomic mass is 10.1. The Balaban J connectivity index is 1.85. The number of hydrogen-bond acceptors (Lipinski definition) is 5. The molecule has 2 heterocycles. The van der Waals surface area contributed by atoms with Gasteiger partial charge < -0.3 is 14.5 Å². The molecule has 1 aliphatic rings. The van der Waals surface area contributed by atoms with Crippen LogP contribution in [-0.2, 0) is 9.53 Å². The van der Waals surface area contributed by atoms with Gasteiger partial charge in [-0.25, -0.2) is 4.79 Å². The van der Waals surface area contributed by atoms with Crippen molar-refractivity contribution in [2.24, 2.45) is 0 Å². The number of carbonyl (C=O) groups excluding carboxylic acids is 2. The molecule has 2 N–H and O–H groups in total. The van der Waals surface area contributed by atoms with Gasteiger partial charge in [-0.2, -0.15) is 0 Å². The molecular formula is C18H15ClN2O4S. The summed E-state index contributed by atoms with van der Waals surface area (Å²) >= 11 is 11.0. The number of thiocarbonyl (C=S) groups is 1. The molecule has 8 heteroatoms. The van der Waals surface area contributed by atoms with Crippen molar-refractivity contribution >= 4 is 46.9 Å². The number of benzene rings is 1. The molecule has 134 valence electrons. The molecule has 0 aliphatic carbocycles. The van der Waals surface area contributed by atoms with Crippen molar-refractivity contribution in [3.8, 4) is 11.3 Å². The predicted molar refractivity (Wildman–Crippen MR) is 102 cm³/mol. The molecule has 1 saturated heterocycles. The lowest BCUT2D eigenvalue weighted by Crippen LogP contribution is -2.21. The van der Waals surface area contributed by atoms with Crippen LogP contribution in [-0.4, -0.2) is 23.6 Å². The van der Waals surface area contributed by atoms with E-state index in [0.29, 0.717) is 34.4 Å². The van der Waals surface area contributed by atoms with Crippen LogP contribution in [0.3, 0.4) is 0 Å². The zero-order valence-corrected chi connectivity index (χ0v) is 15.4. The first kappa shape index (κ1) is 18.2. The zero-order valence-electron chi connectivity index (χ0n) is 13.8. The Morgan fingerprint density at radius 3 is 2.81 bits per heavy atom. The van der Waals surface area contributed by atoms with Crippen LogP contribution < -0.4 is 10.6 Å². The van der Waals surface area contributed by atoms with E-state index in [2.05, 4.69) is 10.6 Å². The van der Waals surface area contributed by atoms with E-state index in [-0.39, 0.29) is 16.6 Å². The largest absolute Gasteiger partial charge is 0.462 e. The Morgan fingerprint density at radius 2 is 2.12 bits per heavy atom. The number of rotatable bonds is 5. The second kappa shape index (κ2) is 7.72. The maximum absolute atomic E-state index is 12.1. The van der Waals surface area contributed by atoms with Crippen LogP contribution in [0, 0.1) is 0 Å². The van der Waals surface area contributed by atoms with Crippen molar-refractivity contribution in [1.82, 2.24) is 10.6 Å². The van der Waals surface area contributed by atoms with Gasteiger partial charge in [0, 0.05) is 11.6 Å². The van der Waals surface area contributed by atoms with E-state index in [4.69, 9.17) is 33.0 Å². The van der Waals surface area contributed by atoms with Gasteiger partial charge in [-0.15, -0.1) is 0 Å². The highest BCUT2D eigenvalue weighted by molar-refractivity contribution is 7.80. The van der Waals surface area contributed by atoms with Crippen LogP contribution in [0.15, 0.2) is 40.4 Å². The summed E-state index contributed by atoms with van der Waals surface area (Å²) in [6, 6.07) is 8.42. The third kappa shape index (κ3) is 3.95. The number of amides is 1. The molecule has 1 amide bonds. The van der Waals surface area contributed by atoms with Crippen molar-refractivity contribution in [3.63, 3.8) is 0 Å². The van der Waals surface area contributed by atoms with Gasteiger partial charge in [-0.1, -0.05) is 18.5 Å². The third-order valence-corrected chi connectivity index (χ3v) is 4.08. The average Bonchev–Trinajstić information content (AvgIpc) is 3.20. The summed E-state index contributed by atoms with van der Waals surface area (Å²) in [5, 5.41) is 5.78. The normalized spacial score (nSPS) is 15.1. The zero-order chi connectivity index (χ0) is 18.7. The molecule has 2 aromatic rings. The lowest BCUT2D eigenvalue weighted by Gasteiger charge is -2.06. The van der Waals surface area contributed by atoms with Gasteiger partial charge in [0.25, 0.3) is 5.91 Å². The SMILES string of the molecule is CCCOC(=O)c1cc(-c2ccc(/C=C3\NC(=S)NC3=O)o2)ccc1Cl. The van der Waals surface area contributed by atoms with E-state index in [1.54, 1.807) is 36.4 Å². The first-order valence-corrected chi connectivity index (χ1v) is 8.67. The molecular weight excluding hydrogens is 376 g/mol. The molecule has 3 rings (SSSR count). The minimum Gasteiger partial charge on any atom is -0.462 e. The highest BCUT2D eigenvalue weighted by Gasteiger charge is 2.21. The summed E-state index contributed by atoms with van der Waals surface area (Å²) in [5.41, 5.74) is 1.24. The Bertz CT molecular complexity index is 920. The topological polar surface area (TPSA) is 80.6 Å². The van der Waals surface area contributed by atoms with Gasteiger partial charge in [0.05, 0.1) is 17.2 Å². The van der Waals surface area contributed by atoms with Crippen molar-refractivity contribution < 1.29 is 18.7 Å². The standard InChI is InChI=1S/C18H15ClN2O4S/c1-2-7-24-17(23)12-8-10(3-5-13(12)19)15-6-4-11(25-15)9-14-16(22)21-18(26)20-14/h3-6,8-9H,2,7H2,1H3,(H2,20,21,22,26)/b14-9-. The minimum atomic E-state index is -0.479. The number of carbonyl (C=O) groups is 2. The molecule has 1 aromatic heterocycles. The summed E-state index contributed by atoms with van der Waals surface area (Å²) < 4.78 is 10.9. The van der Waals surface area contributed by atoms with E-state index in [9.17, 15) is 9.59 Å². The van der Waals surface area contributed by atoms with Gasteiger partial charge in [-0.05, 0) is 49.0 Å². The van der Waals surface area contributed by atoms with E-state index in [1.165, 1.54) is 0 Å². The van der Waals surface area contributed by atoms with Gasteiger partial charge in [-0.3, -0.25) is 10.1 Å².